The number of rotatable bonds is 4. The maximum atomic E-state index is 12.1. The van der Waals surface area contributed by atoms with E-state index in [1.165, 1.54) is 5.19 Å². The predicted molar refractivity (Wildman–Crippen MR) is 81.7 cm³/mol. The van der Waals surface area contributed by atoms with Gasteiger partial charge in [-0.05, 0) is 18.9 Å². The highest BCUT2D eigenvalue weighted by molar-refractivity contribution is 6.91. The fourth-order valence-corrected chi connectivity index (χ4v) is 6.73. The van der Waals surface area contributed by atoms with Crippen LogP contribution in [0.1, 0.15) is 19.8 Å². The van der Waals surface area contributed by atoms with Crippen molar-refractivity contribution in [3.05, 3.63) is 30.3 Å². The van der Waals surface area contributed by atoms with Gasteiger partial charge in [0, 0.05) is 6.42 Å². The second-order valence-corrected chi connectivity index (χ2v) is 10.7. The highest BCUT2D eigenvalue weighted by atomic mass is 28.3. The Balaban J connectivity index is 2.30. The zero-order valence-corrected chi connectivity index (χ0v) is 13.4. The molecule has 0 unspecified atom stereocenters. The highest BCUT2D eigenvalue weighted by Crippen LogP contribution is 2.42. The van der Waals surface area contributed by atoms with Gasteiger partial charge in [0.2, 0.25) is 0 Å². The minimum Gasteiger partial charge on any atom is -0.465 e. The van der Waals surface area contributed by atoms with Gasteiger partial charge in [-0.1, -0.05) is 48.6 Å². The Labute approximate surface area is 121 Å². The van der Waals surface area contributed by atoms with Crippen LogP contribution in [0.25, 0.3) is 0 Å². The van der Waals surface area contributed by atoms with Crippen molar-refractivity contribution in [2.24, 2.45) is 5.92 Å². The van der Waals surface area contributed by atoms with Crippen LogP contribution in [0.3, 0.4) is 0 Å². The number of hydrogen-bond donors (Lipinski definition) is 0. The van der Waals surface area contributed by atoms with Crippen molar-refractivity contribution < 1.29 is 14.3 Å². The molecule has 108 valence electrons. The van der Waals surface area contributed by atoms with Crippen molar-refractivity contribution in [3.8, 4) is 0 Å². The summed E-state index contributed by atoms with van der Waals surface area (Å²) in [6, 6.07) is 10.3. The second kappa shape index (κ2) is 5.91. The molecular weight excluding hydrogens is 268 g/mol. The summed E-state index contributed by atoms with van der Waals surface area (Å²) in [5, 5.41) is 1.30. The Morgan fingerprint density at radius 2 is 1.95 bits per heavy atom. The summed E-state index contributed by atoms with van der Waals surface area (Å²) >= 11 is 0. The molecule has 0 radical (unpaired) electrons. The number of esters is 1. The molecule has 0 amide bonds. The van der Waals surface area contributed by atoms with E-state index >= 15 is 0 Å². The lowest BCUT2D eigenvalue weighted by Crippen LogP contribution is -2.49. The third-order valence-electron chi connectivity index (χ3n) is 4.44. The first-order chi connectivity index (χ1) is 9.48. The Hall–Kier alpha value is -1.42. The fraction of sp³-hybridized carbons (Fsp3) is 0.500. The van der Waals surface area contributed by atoms with E-state index in [1.54, 1.807) is 6.92 Å². The van der Waals surface area contributed by atoms with Crippen LogP contribution in [0.2, 0.25) is 18.6 Å². The number of carbonyl (C=O) groups is 2. The SMILES string of the molecule is CCOC(=O)[C@H]1C(=O)CC[C@@H]1[Si](C)(C)c1ccccc1. The van der Waals surface area contributed by atoms with Gasteiger partial charge < -0.3 is 4.74 Å². The van der Waals surface area contributed by atoms with Crippen molar-refractivity contribution in [3.63, 3.8) is 0 Å². The molecule has 0 N–H and O–H groups in total. The Morgan fingerprint density at radius 3 is 2.55 bits per heavy atom. The minimum atomic E-state index is -1.86. The van der Waals surface area contributed by atoms with E-state index in [0.29, 0.717) is 13.0 Å². The van der Waals surface area contributed by atoms with Crippen molar-refractivity contribution in [1.82, 2.24) is 0 Å². The number of carbonyl (C=O) groups excluding carboxylic acids is 2. The molecule has 4 heteroatoms. The quantitative estimate of drug-likeness (QED) is 0.486. The zero-order chi connectivity index (χ0) is 14.8. The molecule has 1 aromatic rings. The third-order valence-corrected chi connectivity index (χ3v) is 8.73. The zero-order valence-electron chi connectivity index (χ0n) is 12.4. The first kappa shape index (κ1) is 15.0. The van der Waals surface area contributed by atoms with Crippen LogP contribution in [-0.4, -0.2) is 26.4 Å². The maximum Gasteiger partial charge on any atom is 0.316 e. The Morgan fingerprint density at radius 1 is 1.30 bits per heavy atom. The van der Waals surface area contributed by atoms with Crippen LogP contribution in [0, 0.1) is 5.92 Å². The maximum absolute atomic E-state index is 12.1. The van der Waals surface area contributed by atoms with Crippen LogP contribution in [-0.2, 0) is 14.3 Å². The van der Waals surface area contributed by atoms with Gasteiger partial charge in [-0.25, -0.2) is 0 Å². The van der Waals surface area contributed by atoms with Crippen LogP contribution < -0.4 is 5.19 Å². The normalized spacial score (nSPS) is 22.9. The van der Waals surface area contributed by atoms with Crippen molar-refractivity contribution >= 4 is 25.0 Å². The first-order valence-corrected chi connectivity index (χ1v) is 10.3. The summed E-state index contributed by atoms with van der Waals surface area (Å²) in [4.78, 5) is 24.2. The second-order valence-electron chi connectivity index (χ2n) is 5.93. The lowest BCUT2D eigenvalue weighted by Gasteiger charge is -2.32. The summed E-state index contributed by atoms with van der Waals surface area (Å²) in [7, 11) is -1.86. The van der Waals surface area contributed by atoms with Crippen molar-refractivity contribution in [1.29, 1.82) is 0 Å². The van der Waals surface area contributed by atoms with Gasteiger partial charge >= 0.3 is 5.97 Å². The average Bonchev–Trinajstić information content (AvgIpc) is 2.82. The Kier molecular flexibility index (Phi) is 4.43. The largest absolute Gasteiger partial charge is 0.465 e. The van der Waals surface area contributed by atoms with Gasteiger partial charge in [-0.15, -0.1) is 0 Å². The molecule has 0 heterocycles. The fourth-order valence-electron chi connectivity index (χ4n) is 3.23. The van der Waals surface area contributed by atoms with Crippen LogP contribution in [0.5, 0.6) is 0 Å². The van der Waals surface area contributed by atoms with Gasteiger partial charge in [0.15, 0.2) is 0 Å². The molecule has 0 aliphatic heterocycles. The molecular formula is C16H22O3Si. The molecule has 0 spiro atoms. The average molecular weight is 290 g/mol. The summed E-state index contributed by atoms with van der Waals surface area (Å²) in [6.07, 6.45) is 1.33. The smallest absolute Gasteiger partial charge is 0.316 e. The first-order valence-electron chi connectivity index (χ1n) is 7.23. The molecule has 1 aliphatic carbocycles. The molecule has 1 saturated carbocycles. The molecule has 2 rings (SSSR count). The molecule has 1 aliphatic rings. The lowest BCUT2D eigenvalue weighted by molar-refractivity contribution is -0.150. The van der Waals surface area contributed by atoms with Crippen molar-refractivity contribution in [2.45, 2.75) is 38.4 Å². The standard InChI is InChI=1S/C16H22O3Si/c1-4-19-16(18)15-13(17)10-11-14(15)20(2,3)12-8-6-5-7-9-12/h5-9,14-15H,4,10-11H2,1-3H3/t14-,15-/m0/s1. The van der Waals surface area contributed by atoms with E-state index in [2.05, 4.69) is 25.2 Å². The summed E-state index contributed by atoms with van der Waals surface area (Å²) < 4.78 is 5.12. The minimum absolute atomic E-state index is 0.0601. The molecule has 1 fully saturated rings. The number of benzene rings is 1. The monoisotopic (exact) mass is 290 g/mol. The molecule has 2 atom stereocenters. The van der Waals surface area contributed by atoms with Crippen LogP contribution >= 0.6 is 0 Å². The lowest BCUT2D eigenvalue weighted by atomic mass is 10.1. The van der Waals surface area contributed by atoms with Crippen LogP contribution in [0.15, 0.2) is 30.3 Å². The van der Waals surface area contributed by atoms with Crippen molar-refractivity contribution in [2.75, 3.05) is 6.61 Å². The van der Waals surface area contributed by atoms with E-state index < -0.39 is 14.0 Å². The van der Waals surface area contributed by atoms with Gasteiger partial charge in [0.1, 0.15) is 11.7 Å². The summed E-state index contributed by atoms with van der Waals surface area (Å²) in [5.41, 5.74) is 0.149. The highest BCUT2D eigenvalue weighted by Gasteiger charge is 2.49. The van der Waals surface area contributed by atoms with E-state index in [4.69, 9.17) is 4.74 Å². The number of Topliss-reactive ketones (excluding diaryl/α,β-unsaturated/α-hetero) is 1. The molecule has 3 nitrogen and oxygen atoms in total. The van der Waals surface area contributed by atoms with Gasteiger partial charge in [0.05, 0.1) is 14.7 Å². The molecule has 0 bridgehead atoms. The van der Waals surface area contributed by atoms with E-state index in [0.717, 1.165) is 6.42 Å². The summed E-state index contributed by atoms with van der Waals surface area (Å²) in [6.45, 7) is 6.62. The van der Waals surface area contributed by atoms with Gasteiger partial charge in [0.25, 0.3) is 0 Å². The number of ketones is 1. The van der Waals surface area contributed by atoms with Gasteiger partial charge in [-0.2, -0.15) is 0 Å². The number of hydrogen-bond acceptors (Lipinski definition) is 3. The van der Waals surface area contributed by atoms with E-state index in [9.17, 15) is 9.59 Å². The Bertz CT molecular complexity index is 496. The van der Waals surface area contributed by atoms with Gasteiger partial charge in [-0.3, -0.25) is 9.59 Å². The van der Waals surface area contributed by atoms with E-state index in [1.807, 2.05) is 18.2 Å². The topological polar surface area (TPSA) is 43.4 Å². The molecule has 20 heavy (non-hydrogen) atoms. The molecule has 1 aromatic carbocycles. The molecule has 0 saturated heterocycles. The molecule has 0 aromatic heterocycles. The number of ether oxygens (including phenoxy) is 1. The van der Waals surface area contributed by atoms with E-state index in [-0.39, 0.29) is 17.3 Å². The van der Waals surface area contributed by atoms with Crippen LogP contribution in [0.4, 0.5) is 0 Å². The third kappa shape index (κ3) is 2.70. The predicted octanol–water partition coefficient (Wildman–Crippen LogP) is 2.51. The summed E-state index contributed by atoms with van der Waals surface area (Å²) in [5.74, 6) is -0.807.